The molecule has 3 rings (SSSR count). The molecule has 0 spiro atoms. The van der Waals surface area contributed by atoms with Gasteiger partial charge in [-0.25, -0.2) is 4.79 Å². The third-order valence-electron chi connectivity index (χ3n) is 4.34. The molecule has 0 radical (unpaired) electrons. The van der Waals surface area contributed by atoms with E-state index in [-0.39, 0.29) is 24.5 Å². The summed E-state index contributed by atoms with van der Waals surface area (Å²) in [6.45, 7) is 3.88. The van der Waals surface area contributed by atoms with E-state index in [9.17, 15) is 14.4 Å². The summed E-state index contributed by atoms with van der Waals surface area (Å²) in [5.41, 5.74) is 1.94. The van der Waals surface area contributed by atoms with Gasteiger partial charge in [0, 0.05) is 24.1 Å². The Bertz CT molecular complexity index is 942. The lowest BCUT2D eigenvalue weighted by molar-refractivity contribution is -0.119. The van der Waals surface area contributed by atoms with E-state index in [0.29, 0.717) is 34.2 Å². The minimum atomic E-state index is -0.640. The van der Waals surface area contributed by atoms with E-state index in [1.807, 2.05) is 6.92 Å². The Balaban J connectivity index is 1.96. The quantitative estimate of drug-likeness (QED) is 0.812. The number of hydrogen-bond acceptors (Lipinski definition) is 5. The van der Waals surface area contributed by atoms with Crippen molar-refractivity contribution in [2.75, 3.05) is 25.6 Å². The van der Waals surface area contributed by atoms with Crippen molar-refractivity contribution in [3.63, 3.8) is 0 Å². The average Bonchev–Trinajstić information content (AvgIpc) is 3.09. The van der Waals surface area contributed by atoms with Crippen molar-refractivity contribution in [2.45, 2.75) is 19.9 Å². The number of hydrogen-bond donors (Lipinski definition) is 2. The molecule has 28 heavy (non-hydrogen) atoms. The number of halogens is 1. The maximum absolute atomic E-state index is 12.8. The number of carbonyl (C=O) groups excluding carboxylic acids is 3. The highest BCUT2D eigenvalue weighted by molar-refractivity contribution is 6.31. The first kappa shape index (κ1) is 19.7. The van der Waals surface area contributed by atoms with Gasteiger partial charge in [-0.1, -0.05) is 11.6 Å². The largest absolute Gasteiger partial charge is 0.453 e. The summed E-state index contributed by atoms with van der Waals surface area (Å²) in [4.78, 5) is 37.2. The predicted molar refractivity (Wildman–Crippen MR) is 103 cm³/mol. The monoisotopic (exact) mass is 405 g/mol. The zero-order chi connectivity index (χ0) is 20.4. The fraction of sp³-hybridized carbons (Fsp3) is 0.333. The van der Waals surface area contributed by atoms with Gasteiger partial charge >= 0.3 is 6.09 Å². The van der Waals surface area contributed by atoms with Gasteiger partial charge in [-0.05, 0) is 31.2 Å². The van der Waals surface area contributed by atoms with E-state index in [2.05, 4.69) is 20.5 Å². The first-order valence-electron chi connectivity index (χ1n) is 8.58. The standard InChI is InChI=1S/C18H20ClN5O4/c1-10-8-23(9-20-11(2)25)17(26)16-7-15(22-24(10)16)13-5-4-12(19)6-14(13)21-18(27)28-3/h4-7,10H,8-9H2,1-3H3,(H,20,25)(H,21,27)/t10-/m0/s1. The third-order valence-corrected chi connectivity index (χ3v) is 4.58. The number of anilines is 1. The molecule has 9 nitrogen and oxygen atoms in total. The van der Waals surface area contributed by atoms with Crippen LogP contribution in [0.15, 0.2) is 24.3 Å². The highest BCUT2D eigenvalue weighted by Crippen LogP contribution is 2.32. The van der Waals surface area contributed by atoms with Crippen LogP contribution in [0.3, 0.4) is 0 Å². The first-order valence-corrected chi connectivity index (χ1v) is 8.96. The number of ether oxygens (including phenoxy) is 1. The summed E-state index contributed by atoms with van der Waals surface area (Å²) in [6, 6.07) is 6.54. The van der Waals surface area contributed by atoms with Crippen molar-refractivity contribution < 1.29 is 19.1 Å². The molecular formula is C18H20ClN5O4. The van der Waals surface area contributed by atoms with Crippen molar-refractivity contribution in [1.29, 1.82) is 0 Å². The van der Waals surface area contributed by atoms with Crippen LogP contribution >= 0.6 is 11.6 Å². The SMILES string of the molecule is COC(=O)Nc1cc(Cl)ccc1-c1cc2n(n1)[C@@H](C)CN(CNC(C)=O)C2=O. The summed E-state index contributed by atoms with van der Waals surface area (Å²) in [6.07, 6.45) is -0.640. The normalized spacial score (nSPS) is 15.8. The van der Waals surface area contributed by atoms with E-state index < -0.39 is 6.09 Å². The lowest BCUT2D eigenvalue weighted by Gasteiger charge is -2.31. The van der Waals surface area contributed by atoms with Crippen LogP contribution in [0.4, 0.5) is 10.5 Å². The van der Waals surface area contributed by atoms with Crippen LogP contribution in [-0.4, -0.2) is 52.9 Å². The highest BCUT2D eigenvalue weighted by atomic mass is 35.5. The topological polar surface area (TPSA) is 106 Å². The number of benzene rings is 1. The molecule has 2 aromatic rings. The molecule has 1 aliphatic rings. The second-order valence-electron chi connectivity index (χ2n) is 6.43. The van der Waals surface area contributed by atoms with Crippen LogP contribution in [-0.2, 0) is 9.53 Å². The minimum Gasteiger partial charge on any atom is -0.453 e. The molecule has 0 aliphatic carbocycles. The van der Waals surface area contributed by atoms with Gasteiger partial charge in [0.1, 0.15) is 5.69 Å². The Morgan fingerprint density at radius 2 is 2.11 bits per heavy atom. The third kappa shape index (κ3) is 3.94. The molecule has 2 N–H and O–H groups in total. The molecule has 10 heteroatoms. The number of carbonyl (C=O) groups is 3. The minimum absolute atomic E-state index is 0.0838. The van der Waals surface area contributed by atoms with Gasteiger partial charge in [-0.3, -0.25) is 19.6 Å². The zero-order valence-corrected chi connectivity index (χ0v) is 16.4. The number of fused-ring (bicyclic) bond motifs is 1. The van der Waals surface area contributed by atoms with Gasteiger partial charge in [0.15, 0.2) is 0 Å². The second kappa shape index (κ2) is 7.89. The molecule has 0 saturated heterocycles. The molecule has 1 aliphatic heterocycles. The van der Waals surface area contributed by atoms with Crippen molar-refractivity contribution in [2.24, 2.45) is 0 Å². The fourth-order valence-corrected chi connectivity index (χ4v) is 3.18. The maximum Gasteiger partial charge on any atom is 0.411 e. The average molecular weight is 406 g/mol. The van der Waals surface area contributed by atoms with Gasteiger partial charge in [0.25, 0.3) is 5.91 Å². The van der Waals surface area contributed by atoms with Crippen LogP contribution in [0.2, 0.25) is 5.02 Å². The predicted octanol–water partition coefficient (Wildman–Crippen LogP) is 2.49. The van der Waals surface area contributed by atoms with E-state index in [4.69, 9.17) is 11.6 Å². The van der Waals surface area contributed by atoms with Gasteiger partial charge in [0.05, 0.1) is 31.2 Å². The molecule has 0 unspecified atom stereocenters. The first-order chi connectivity index (χ1) is 13.3. The smallest absolute Gasteiger partial charge is 0.411 e. The molecule has 1 aromatic carbocycles. The lowest BCUT2D eigenvalue weighted by Crippen LogP contribution is -2.47. The van der Waals surface area contributed by atoms with Gasteiger partial charge < -0.3 is 15.0 Å². The zero-order valence-electron chi connectivity index (χ0n) is 15.7. The second-order valence-corrected chi connectivity index (χ2v) is 6.87. The number of amides is 3. The number of aromatic nitrogens is 2. The molecule has 1 atom stereocenters. The van der Waals surface area contributed by atoms with Crippen molar-refractivity contribution in [3.05, 3.63) is 35.0 Å². The number of nitrogens with one attached hydrogen (secondary N) is 2. The van der Waals surface area contributed by atoms with Crippen molar-refractivity contribution >= 4 is 35.2 Å². The summed E-state index contributed by atoms with van der Waals surface area (Å²) in [7, 11) is 1.26. The molecule has 3 amide bonds. The summed E-state index contributed by atoms with van der Waals surface area (Å²) in [5, 5.41) is 10.2. The maximum atomic E-state index is 12.8. The molecule has 2 heterocycles. The van der Waals surface area contributed by atoms with Crippen LogP contribution in [0.1, 0.15) is 30.4 Å². The van der Waals surface area contributed by atoms with Crippen molar-refractivity contribution in [1.82, 2.24) is 20.0 Å². The van der Waals surface area contributed by atoms with Gasteiger partial charge in [-0.2, -0.15) is 5.10 Å². The Morgan fingerprint density at radius 1 is 1.36 bits per heavy atom. The molecule has 1 aromatic heterocycles. The van der Waals surface area contributed by atoms with Gasteiger partial charge in [0.2, 0.25) is 5.91 Å². The Kier molecular flexibility index (Phi) is 5.55. The summed E-state index contributed by atoms with van der Waals surface area (Å²) in [5.74, 6) is -0.443. The Hall–Kier alpha value is -3.07. The van der Waals surface area contributed by atoms with Crippen LogP contribution in [0.5, 0.6) is 0 Å². The van der Waals surface area contributed by atoms with E-state index >= 15 is 0 Å². The molecular weight excluding hydrogens is 386 g/mol. The number of methoxy groups -OCH3 is 1. The molecule has 0 bridgehead atoms. The summed E-state index contributed by atoms with van der Waals surface area (Å²) >= 11 is 6.04. The Labute approximate surface area is 166 Å². The van der Waals surface area contributed by atoms with E-state index in [1.54, 1.807) is 33.8 Å². The van der Waals surface area contributed by atoms with Crippen LogP contribution in [0.25, 0.3) is 11.3 Å². The molecule has 0 saturated carbocycles. The van der Waals surface area contributed by atoms with Crippen molar-refractivity contribution in [3.8, 4) is 11.3 Å². The fourth-order valence-electron chi connectivity index (χ4n) is 3.01. The highest BCUT2D eigenvalue weighted by Gasteiger charge is 2.31. The van der Waals surface area contributed by atoms with E-state index in [0.717, 1.165) is 0 Å². The van der Waals surface area contributed by atoms with Crippen LogP contribution in [0, 0.1) is 0 Å². The molecule has 148 valence electrons. The van der Waals surface area contributed by atoms with Gasteiger partial charge in [-0.15, -0.1) is 0 Å². The Morgan fingerprint density at radius 3 is 2.79 bits per heavy atom. The number of rotatable bonds is 4. The summed E-state index contributed by atoms with van der Waals surface area (Å²) < 4.78 is 6.30. The lowest BCUT2D eigenvalue weighted by atomic mass is 10.1. The van der Waals surface area contributed by atoms with Crippen LogP contribution < -0.4 is 10.6 Å². The number of nitrogens with zero attached hydrogens (tertiary/aromatic N) is 3. The van der Waals surface area contributed by atoms with E-state index in [1.165, 1.54) is 14.0 Å². The molecule has 0 fully saturated rings.